The van der Waals surface area contributed by atoms with Crippen molar-refractivity contribution in [2.45, 2.75) is 33.8 Å². The monoisotopic (exact) mass is 228 g/mol. The highest BCUT2D eigenvalue weighted by Crippen LogP contribution is 2.12. The van der Waals surface area contributed by atoms with Gasteiger partial charge < -0.3 is 10.1 Å². The third-order valence-corrected chi connectivity index (χ3v) is 2.72. The fourth-order valence-electron chi connectivity index (χ4n) is 1.69. The number of hydrogen-bond donors (Lipinski definition) is 1. The summed E-state index contributed by atoms with van der Waals surface area (Å²) in [6.07, 6.45) is 0.312. The van der Waals surface area contributed by atoms with E-state index in [9.17, 15) is 4.79 Å². The number of nitrogens with one attached hydrogen (secondary N) is 1. The van der Waals surface area contributed by atoms with Crippen LogP contribution < -0.4 is 5.32 Å². The molecule has 1 atom stereocenters. The van der Waals surface area contributed by atoms with Gasteiger partial charge in [0.05, 0.1) is 12.7 Å². The van der Waals surface area contributed by atoms with Gasteiger partial charge in [-0.05, 0) is 6.92 Å². The molecule has 1 N–H and O–H groups in total. The first kappa shape index (κ1) is 13.5. The molecule has 1 rings (SSSR count). The summed E-state index contributed by atoms with van der Waals surface area (Å²) in [5.74, 6) is 0.119. The third kappa shape index (κ3) is 4.49. The number of nitrogens with zero attached hydrogens (tertiary/aromatic N) is 1. The number of ether oxygens (including phenoxy) is 1. The van der Waals surface area contributed by atoms with Crippen molar-refractivity contribution in [3.8, 4) is 0 Å². The van der Waals surface area contributed by atoms with Crippen molar-refractivity contribution in [3.63, 3.8) is 0 Å². The second kappa shape index (κ2) is 5.64. The maximum absolute atomic E-state index is 11.6. The predicted octanol–water partition coefficient (Wildman–Crippen LogP) is 0.869. The first-order valence-electron chi connectivity index (χ1n) is 6.02. The number of carbonyl (C=O) groups is 1. The Kier molecular flexibility index (Phi) is 4.74. The third-order valence-electron chi connectivity index (χ3n) is 2.72. The van der Waals surface area contributed by atoms with E-state index < -0.39 is 0 Å². The quantitative estimate of drug-likeness (QED) is 0.779. The van der Waals surface area contributed by atoms with Crippen LogP contribution in [0.5, 0.6) is 0 Å². The first-order valence-corrected chi connectivity index (χ1v) is 6.02. The second-order valence-corrected chi connectivity index (χ2v) is 5.49. The Bertz CT molecular complexity index is 236. The van der Waals surface area contributed by atoms with Crippen LogP contribution in [-0.4, -0.2) is 49.7 Å². The molecule has 4 nitrogen and oxygen atoms in total. The largest absolute Gasteiger partial charge is 0.376 e. The number of rotatable bonds is 3. The van der Waals surface area contributed by atoms with Crippen LogP contribution in [-0.2, 0) is 9.53 Å². The van der Waals surface area contributed by atoms with Crippen molar-refractivity contribution < 1.29 is 9.53 Å². The summed E-state index contributed by atoms with van der Waals surface area (Å²) in [7, 11) is 0. The van der Waals surface area contributed by atoms with E-state index in [0.717, 1.165) is 32.8 Å². The van der Waals surface area contributed by atoms with Crippen LogP contribution in [0, 0.1) is 5.41 Å². The van der Waals surface area contributed by atoms with E-state index in [1.54, 1.807) is 0 Å². The lowest BCUT2D eigenvalue weighted by Gasteiger charge is -2.31. The van der Waals surface area contributed by atoms with Crippen LogP contribution in [0.15, 0.2) is 0 Å². The summed E-state index contributed by atoms with van der Waals surface area (Å²) in [6, 6.07) is 0. The van der Waals surface area contributed by atoms with Crippen LogP contribution in [0.4, 0.5) is 0 Å². The van der Waals surface area contributed by atoms with Crippen molar-refractivity contribution in [3.05, 3.63) is 0 Å². The Morgan fingerprint density at radius 3 is 2.75 bits per heavy atom. The lowest BCUT2D eigenvalue weighted by atomic mass is 9.96. The normalized spacial score (nSPS) is 23.1. The molecule has 0 aliphatic carbocycles. The van der Waals surface area contributed by atoms with Gasteiger partial charge in [-0.3, -0.25) is 9.69 Å². The van der Waals surface area contributed by atoms with E-state index in [1.165, 1.54) is 0 Å². The van der Waals surface area contributed by atoms with Crippen LogP contribution in [0.3, 0.4) is 0 Å². The molecular weight excluding hydrogens is 204 g/mol. The molecule has 94 valence electrons. The van der Waals surface area contributed by atoms with Crippen molar-refractivity contribution in [2.24, 2.45) is 5.41 Å². The number of hydrogen-bond acceptors (Lipinski definition) is 3. The van der Waals surface area contributed by atoms with Crippen molar-refractivity contribution >= 4 is 5.91 Å². The number of carbonyl (C=O) groups excluding carboxylic acids is 1. The van der Waals surface area contributed by atoms with Gasteiger partial charge in [0.1, 0.15) is 0 Å². The molecule has 0 aromatic carbocycles. The highest BCUT2D eigenvalue weighted by molar-refractivity contribution is 5.81. The van der Waals surface area contributed by atoms with Gasteiger partial charge in [0.2, 0.25) is 5.91 Å². The lowest BCUT2D eigenvalue weighted by Crippen LogP contribution is -2.45. The van der Waals surface area contributed by atoms with Crippen molar-refractivity contribution in [1.29, 1.82) is 0 Å². The molecule has 1 fully saturated rings. The highest BCUT2D eigenvalue weighted by atomic mass is 16.5. The summed E-state index contributed by atoms with van der Waals surface area (Å²) in [6.45, 7) is 12.2. The number of amides is 1. The molecule has 4 heteroatoms. The molecule has 0 saturated carbocycles. The van der Waals surface area contributed by atoms with E-state index in [2.05, 4.69) is 17.1 Å². The van der Waals surface area contributed by atoms with Gasteiger partial charge in [0, 0.05) is 31.6 Å². The maximum atomic E-state index is 11.6. The predicted molar refractivity (Wildman–Crippen MR) is 64.3 cm³/mol. The van der Waals surface area contributed by atoms with Crippen LogP contribution >= 0.6 is 0 Å². The SMILES string of the molecule is CC1CN(CCNC(=O)C(C)(C)C)CCO1. The Balaban J connectivity index is 2.18. The van der Waals surface area contributed by atoms with E-state index in [-0.39, 0.29) is 11.3 Å². The molecule has 0 bridgehead atoms. The molecule has 0 aromatic rings. The van der Waals surface area contributed by atoms with Gasteiger partial charge in [-0.1, -0.05) is 20.8 Å². The molecular formula is C12H24N2O2. The van der Waals surface area contributed by atoms with Gasteiger partial charge in [-0.15, -0.1) is 0 Å². The van der Waals surface area contributed by atoms with Crippen LogP contribution in [0.25, 0.3) is 0 Å². The van der Waals surface area contributed by atoms with E-state index in [0.29, 0.717) is 6.10 Å². The summed E-state index contributed by atoms with van der Waals surface area (Å²) in [5, 5.41) is 2.96. The van der Waals surface area contributed by atoms with Crippen LogP contribution in [0.1, 0.15) is 27.7 Å². The summed E-state index contributed by atoms with van der Waals surface area (Å²) < 4.78 is 5.46. The highest BCUT2D eigenvalue weighted by Gasteiger charge is 2.21. The van der Waals surface area contributed by atoms with E-state index in [4.69, 9.17) is 4.74 Å². The zero-order valence-corrected chi connectivity index (χ0v) is 10.9. The van der Waals surface area contributed by atoms with Gasteiger partial charge in [0.25, 0.3) is 0 Å². The Hall–Kier alpha value is -0.610. The van der Waals surface area contributed by atoms with E-state index in [1.807, 2.05) is 20.8 Å². The Morgan fingerprint density at radius 2 is 2.19 bits per heavy atom. The summed E-state index contributed by atoms with van der Waals surface area (Å²) in [4.78, 5) is 13.9. The average Bonchev–Trinajstić information content (AvgIpc) is 2.16. The fourth-order valence-corrected chi connectivity index (χ4v) is 1.69. The smallest absolute Gasteiger partial charge is 0.225 e. The van der Waals surface area contributed by atoms with Gasteiger partial charge >= 0.3 is 0 Å². The minimum atomic E-state index is -0.293. The maximum Gasteiger partial charge on any atom is 0.225 e. The zero-order valence-electron chi connectivity index (χ0n) is 10.9. The zero-order chi connectivity index (χ0) is 12.2. The molecule has 1 aliphatic rings. The van der Waals surface area contributed by atoms with Crippen molar-refractivity contribution in [2.75, 3.05) is 32.8 Å². The molecule has 0 radical (unpaired) electrons. The molecule has 0 spiro atoms. The second-order valence-electron chi connectivity index (χ2n) is 5.49. The van der Waals surface area contributed by atoms with Gasteiger partial charge in [-0.2, -0.15) is 0 Å². The fraction of sp³-hybridized carbons (Fsp3) is 0.917. The topological polar surface area (TPSA) is 41.6 Å². The molecule has 1 unspecified atom stereocenters. The van der Waals surface area contributed by atoms with Gasteiger partial charge in [0.15, 0.2) is 0 Å². The molecule has 1 aliphatic heterocycles. The molecule has 1 saturated heterocycles. The standard InChI is InChI=1S/C12H24N2O2/c1-10-9-14(7-8-16-10)6-5-13-11(15)12(2,3)4/h10H,5-9H2,1-4H3,(H,13,15). The average molecular weight is 228 g/mol. The summed E-state index contributed by atoms with van der Waals surface area (Å²) in [5.41, 5.74) is -0.293. The number of morpholine rings is 1. The first-order chi connectivity index (χ1) is 7.39. The Morgan fingerprint density at radius 1 is 1.50 bits per heavy atom. The van der Waals surface area contributed by atoms with Crippen LogP contribution in [0.2, 0.25) is 0 Å². The Labute approximate surface area is 98.3 Å². The molecule has 0 aromatic heterocycles. The van der Waals surface area contributed by atoms with Crippen molar-refractivity contribution in [1.82, 2.24) is 10.2 Å². The summed E-state index contributed by atoms with van der Waals surface area (Å²) >= 11 is 0. The van der Waals surface area contributed by atoms with E-state index >= 15 is 0 Å². The minimum absolute atomic E-state index is 0.119. The van der Waals surface area contributed by atoms with Gasteiger partial charge in [-0.25, -0.2) is 0 Å². The molecule has 1 amide bonds. The lowest BCUT2D eigenvalue weighted by molar-refractivity contribution is -0.128. The minimum Gasteiger partial charge on any atom is -0.376 e. The molecule has 16 heavy (non-hydrogen) atoms. The molecule has 1 heterocycles.